The van der Waals surface area contributed by atoms with Crippen LogP contribution in [-0.4, -0.2) is 30.5 Å². The Morgan fingerprint density at radius 1 is 1.36 bits per heavy atom. The third-order valence-electron chi connectivity index (χ3n) is 3.82. The first-order chi connectivity index (χ1) is 10.3. The molecule has 0 radical (unpaired) electrons. The van der Waals surface area contributed by atoms with Crippen LogP contribution in [0.15, 0.2) is 18.2 Å². The molecule has 0 N–H and O–H groups in total. The van der Waals surface area contributed by atoms with E-state index >= 15 is 0 Å². The number of nitrogens with zero attached hydrogens (tertiary/aromatic N) is 1. The van der Waals surface area contributed by atoms with Crippen LogP contribution in [0, 0.1) is 23.0 Å². The zero-order valence-corrected chi connectivity index (χ0v) is 13.4. The van der Waals surface area contributed by atoms with Crippen molar-refractivity contribution in [3.05, 3.63) is 29.8 Å². The Kier molecular flexibility index (Phi) is 5.04. The molecular formula is C17H23F2NO2. The van der Waals surface area contributed by atoms with Gasteiger partial charge in [0.05, 0.1) is 6.61 Å². The summed E-state index contributed by atoms with van der Waals surface area (Å²) in [5.74, 6) is -0.960. The van der Waals surface area contributed by atoms with E-state index in [1.807, 2.05) is 25.7 Å². The number of rotatable bonds is 3. The van der Waals surface area contributed by atoms with E-state index in [0.717, 1.165) is 25.5 Å². The number of hydrogen-bond donors (Lipinski definition) is 0. The van der Waals surface area contributed by atoms with E-state index in [2.05, 4.69) is 0 Å². The summed E-state index contributed by atoms with van der Waals surface area (Å²) in [7, 11) is 0. The number of carbonyl (C=O) groups is 1. The molecule has 22 heavy (non-hydrogen) atoms. The van der Waals surface area contributed by atoms with Crippen LogP contribution in [0.5, 0.6) is 5.75 Å². The molecule has 1 fully saturated rings. The lowest BCUT2D eigenvalue weighted by Crippen LogP contribution is -2.46. The van der Waals surface area contributed by atoms with Crippen molar-refractivity contribution in [3.63, 3.8) is 0 Å². The summed E-state index contributed by atoms with van der Waals surface area (Å²) in [4.78, 5) is 14.2. The normalized spacial score (nSPS) is 19.1. The second-order valence-electron chi connectivity index (χ2n) is 6.90. The summed E-state index contributed by atoms with van der Waals surface area (Å²) in [6, 6.07) is 3.28. The van der Waals surface area contributed by atoms with Gasteiger partial charge < -0.3 is 9.64 Å². The third kappa shape index (κ3) is 4.18. The molecule has 5 heteroatoms. The van der Waals surface area contributed by atoms with Crippen molar-refractivity contribution in [2.45, 2.75) is 33.6 Å². The first kappa shape index (κ1) is 16.7. The lowest BCUT2D eigenvalue weighted by atomic mass is 9.91. The van der Waals surface area contributed by atoms with Gasteiger partial charge in [-0.25, -0.2) is 8.78 Å². The number of amides is 1. The Bertz CT molecular complexity index is 540. The molecule has 122 valence electrons. The van der Waals surface area contributed by atoms with E-state index in [-0.39, 0.29) is 17.6 Å². The van der Waals surface area contributed by atoms with Gasteiger partial charge in [0.2, 0.25) is 5.91 Å². The maximum Gasteiger partial charge on any atom is 0.227 e. The van der Waals surface area contributed by atoms with Gasteiger partial charge in [0.15, 0.2) is 11.6 Å². The first-order valence-corrected chi connectivity index (χ1v) is 7.64. The number of likely N-dealkylation sites (tertiary alicyclic amines) is 1. The van der Waals surface area contributed by atoms with Gasteiger partial charge in [-0.3, -0.25) is 4.79 Å². The number of benzene rings is 1. The summed E-state index contributed by atoms with van der Waals surface area (Å²) in [6.07, 6.45) is 1.86. The van der Waals surface area contributed by atoms with Crippen LogP contribution < -0.4 is 4.74 Å². The van der Waals surface area contributed by atoms with Gasteiger partial charge in [-0.05, 0) is 25.0 Å². The van der Waals surface area contributed by atoms with E-state index in [4.69, 9.17) is 4.74 Å². The topological polar surface area (TPSA) is 29.5 Å². The molecule has 0 aromatic heterocycles. The highest BCUT2D eigenvalue weighted by molar-refractivity contribution is 5.81. The van der Waals surface area contributed by atoms with Gasteiger partial charge in [0, 0.05) is 30.5 Å². The van der Waals surface area contributed by atoms with Crippen molar-refractivity contribution in [1.29, 1.82) is 0 Å². The van der Waals surface area contributed by atoms with Crippen LogP contribution in [-0.2, 0) is 4.79 Å². The van der Waals surface area contributed by atoms with E-state index in [0.29, 0.717) is 13.2 Å². The minimum atomic E-state index is -0.696. The molecule has 3 nitrogen and oxygen atoms in total. The second kappa shape index (κ2) is 6.63. The van der Waals surface area contributed by atoms with E-state index in [1.165, 1.54) is 12.1 Å². The summed E-state index contributed by atoms with van der Waals surface area (Å²) in [5, 5.41) is 0. The van der Waals surface area contributed by atoms with Gasteiger partial charge in [0.25, 0.3) is 0 Å². The average molecular weight is 311 g/mol. The molecule has 1 atom stereocenters. The van der Waals surface area contributed by atoms with Crippen LogP contribution in [0.2, 0.25) is 0 Å². The van der Waals surface area contributed by atoms with Gasteiger partial charge in [0.1, 0.15) is 5.82 Å². The van der Waals surface area contributed by atoms with Crippen molar-refractivity contribution in [2.75, 3.05) is 19.7 Å². The molecule has 1 unspecified atom stereocenters. The minimum absolute atomic E-state index is 0.0562. The van der Waals surface area contributed by atoms with Gasteiger partial charge >= 0.3 is 0 Å². The predicted octanol–water partition coefficient (Wildman–Crippen LogP) is 3.63. The van der Waals surface area contributed by atoms with Crippen LogP contribution in [0.4, 0.5) is 8.78 Å². The summed E-state index contributed by atoms with van der Waals surface area (Å²) in [5.41, 5.74) is -0.397. The van der Waals surface area contributed by atoms with Crippen molar-refractivity contribution < 1.29 is 18.3 Å². The Morgan fingerprint density at radius 3 is 2.73 bits per heavy atom. The fourth-order valence-electron chi connectivity index (χ4n) is 2.66. The van der Waals surface area contributed by atoms with Crippen LogP contribution in [0.1, 0.15) is 33.6 Å². The summed E-state index contributed by atoms with van der Waals surface area (Å²) < 4.78 is 31.9. The van der Waals surface area contributed by atoms with Crippen LogP contribution >= 0.6 is 0 Å². The molecule has 1 heterocycles. The molecule has 0 aliphatic carbocycles. The Labute approximate surface area is 130 Å². The highest BCUT2D eigenvalue weighted by Gasteiger charge is 2.31. The molecule has 0 bridgehead atoms. The Balaban J connectivity index is 1.92. The maximum absolute atomic E-state index is 13.5. The zero-order chi connectivity index (χ0) is 16.3. The number of carbonyl (C=O) groups excluding carboxylic acids is 1. The van der Waals surface area contributed by atoms with Crippen molar-refractivity contribution in [3.8, 4) is 5.75 Å². The zero-order valence-electron chi connectivity index (χ0n) is 13.4. The molecule has 0 saturated carbocycles. The smallest absolute Gasteiger partial charge is 0.227 e. The lowest BCUT2D eigenvalue weighted by Gasteiger charge is -2.36. The number of hydrogen-bond acceptors (Lipinski definition) is 2. The minimum Gasteiger partial charge on any atom is -0.490 e. The highest BCUT2D eigenvalue weighted by atomic mass is 19.1. The van der Waals surface area contributed by atoms with E-state index < -0.39 is 17.0 Å². The van der Waals surface area contributed by atoms with Gasteiger partial charge in [-0.2, -0.15) is 0 Å². The molecule has 2 rings (SSSR count). The maximum atomic E-state index is 13.5. The number of ether oxygens (including phenoxy) is 1. The van der Waals surface area contributed by atoms with Gasteiger partial charge in [-0.15, -0.1) is 0 Å². The van der Waals surface area contributed by atoms with Crippen molar-refractivity contribution in [1.82, 2.24) is 4.90 Å². The third-order valence-corrected chi connectivity index (χ3v) is 3.82. The fraction of sp³-hybridized carbons (Fsp3) is 0.588. The number of halogens is 2. The monoisotopic (exact) mass is 311 g/mol. The highest BCUT2D eigenvalue weighted by Crippen LogP contribution is 2.25. The molecule has 1 aliphatic rings. The average Bonchev–Trinajstić information content (AvgIpc) is 2.45. The fourth-order valence-corrected chi connectivity index (χ4v) is 2.66. The predicted molar refractivity (Wildman–Crippen MR) is 80.6 cm³/mol. The summed E-state index contributed by atoms with van der Waals surface area (Å²) >= 11 is 0. The van der Waals surface area contributed by atoms with E-state index in [1.54, 1.807) is 0 Å². The second-order valence-corrected chi connectivity index (χ2v) is 6.90. The van der Waals surface area contributed by atoms with Crippen LogP contribution in [0.25, 0.3) is 0 Å². The van der Waals surface area contributed by atoms with Crippen molar-refractivity contribution in [2.24, 2.45) is 11.3 Å². The van der Waals surface area contributed by atoms with E-state index in [9.17, 15) is 13.6 Å². The quantitative estimate of drug-likeness (QED) is 0.853. The molecule has 1 saturated heterocycles. The first-order valence-electron chi connectivity index (χ1n) is 7.64. The largest absolute Gasteiger partial charge is 0.490 e. The molecule has 0 spiro atoms. The Hall–Kier alpha value is -1.65. The van der Waals surface area contributed by atoms with Crippen LogP contribution in [0.3, 0.4) is 0 Å². The standard InChI is InChI=1S/C17H23F2NO2/c1-17(2,3)16(21)20-8-4-5-12(10-20)11-22-15-7-6-13(18)9-14(15)19/h6-7,9,12H,4-5,8,10-11H2,1-3H3. The lowest BCUT2D eigenvalue weighted by molar-refractivity contribution is -0.141. The SMILES string of the molecule is CC(C)(C)C(=O)N1CCCC(COc2ccc(F)cc2F)C1. The molecule has 1 aromatic rings. The van der Waals surface area contributed by atoms with Gasteiger partial charge in [-0.1, -0.05) is 20.8 Å². The van der Waals surface area contributed by atoms with Crippen molar-refractivity contribution >= 4 is 5.91 Å². The Morgan fingerprint density at radius 2 is 2.09 bits per heavy atom. The molecule has 1 aliphatic heterocycles. The molecule has 1 amide bonds. The molecule has 1 aromatic carbocycles. The number of piperidine rings is 1. The summed E-state index contributed by atoms with van der Waals surface area (Å²) in [6.45, 7) is 7.43. The molecular weight excluding hydrogens is 288 g/mol.